The Morgan fingerprint density at radius 1 is 1.29 bits per heavy atom. The Kier molecular flexibility index (Phi) is 7.72. The summed E-state index contributed by atoms with van der Waals surface area (Å²) < 4.78 is 0.986. The molecule has 0 rings (SSSR count). The van der Waals surface area contributed by atoms with Crippen molar-refractivity contribution in [3.05, 3.63) is 34.1 Å². The molecular formula is C14H21BrN2. The van der Waals surface area contributed by atoms with Crippen LogP contribution in [0, 0.1) is 0 Å². The number of nitrogens with zero attached hydrogens (tertiary/aromatic N) is 2. The van der Waals surface area contributed by atoms with Crippen molar-refractivity contribution in [3.63, 3.8) is 0 Å². The fourth-order valence-corrected chi connectivity index (χ4v) is 1.65. The summed E-state index contributed by atoms with van der Waals surface area (Å²) in [5.74, 6) is 0. The molecule has 0 bridgehead atoms. The van der Waals surface area contributed by atoms with Crippen LogP contribution in [0.2, 0.25) is 0 Å². The van der Waals surface area contributed by atoms with Crippen molar-refractivity contribution < 1.29 is 0 Å². The molecule has 0 saturated carbocycles. The summed E-state index contributed by atoms with van der Waals surface area (Å²) in [7, 11) is 0. The summed E-state index contributed by atoms with van der Waals surface area (Å²) in [5, 5.41) is 0. The van der Waals surface area contributed by atoms with E-state index in [1.165, 1.54) is 0 Å². The van der Waals surface area contributed by atoms with Gasteiger partial charge in [0, 0.05) is 16.4 Å². The van der Waals surface area contributed by atoms with Crippen molar-refractivity contribution in [2.75, 3.05) is 0 Å². The number of halogens is 1. The Bertz CT molecular complexity index is 394. The van der Waals surface area contributed by atoms with Crippen LogP contribution in [0.1, 0.15) is 41.0 Å². The highest BCUT2D eigenvalue weighted by molar-refractivity contribution is 9.11. The average molecular weight is 297 g/mol. The normalized spacial score (nSPS) is 15.2. The van der Waals surface area contributed by atoms with Crippen LogP contribution in [0.25, 0.3) is 0 Å². The van der Waals surface area contributed by atoms with Gasteiger partial charge in [0.1, 0.15) is 0 Å². The molecule has 0 aliphatic heterocycles. The Balaban J connectivity index is 5.00. The van der Waals surface area contributed by atoms with Crippen molar-refractivity contribution >= 4 is 27.9 Å². The maximum atomic E-state index is 4.49. The molecule has 0 spiro atoms. The summed E-state index contributed by atoms with van der Waals surface area (Å²) in [6.45, 7) is 13.8. The predicted octanol–water partition coefficient (Wildman–Crippen LogP) is 5.03. The highest BCUT2D eigenvalue weighted by Crippen LogP contribution is 2.19. The first-order valence-corrected chi connectivity index (χ1v) is 6.48. The molecule has 0 aromatic heterocycles. The molecule has 94 valence electrons. The van der Waals surface area contributed by atoms with Gasteiger partial charge >= 0.3 is 0 Å². The van der Waals surface area contributed by atoms with E-state index in [2.05, 4.69) is 39.4 Å². The number of hydrogen-bond donors (Lipinski definition) is 0. The van der Waals surface area contributed by atoms with Gasteiger partial charge in [0.2, 0.25) is 0 Å². The molecule has 0 fully saturated rings. The molecule has 17 heavy (non-hydrogen) atoms. The summed E-state index contributed by atoms with van der Waals surface area (Å²) in [6.07, 6.45) is 4.73. The van der Waals surface area contributed by atoms with Crippen LogP contribution in [0.5, 0.6) is 0 Å². The molecule has 0 aromatic rings. The molecule has 0 atom stereocenters. The van der Waals surface area contributed by atoms with E-state index < -0.39 is 0 Å². The minimum absolute atomic E-state index is 0.870. The highest BCUT2D eigenvalue weighted by atomic mass is 79.9. The van der Waals surface area contributed by atoms with Gasteiger partial charge in [-0.1, -0.05) is 35.5 Å². The fourth-order valence-electron chi connectivity index (χ4n) is 1.22. The second kappa shape index (κ2) is 8.18. The van der Waals surface area contributed by atoms with E-state index in [9.17, 15) is 0 Å². The van der Waals surface area contributed by atoms with Gasteiger partial charge in [0.05, 0.1) is 11.4 Å². The number of allylic oxidation sites excluding steroid dienone is 4. The molecule has 3 heteroatoms. The molecule has 0 N–H and O–H groups in total. The van der Waals surface area contributed by atoms with Gasteiger partial charge in [0.15, 0.2) is 0 Å². The predicted molar refractivity (Wildman–Crippen MR) is 82.1 cm³/mol. The monoisotopic (exact) mass is 296 g/mol. The average Bonchev–Trinajstić information content (AvgIpc) is 2.26. The van der Waals surface area contributed by atoms with Gasteiger partial charge in [-0.15, -0.1) is 0 Å². The smallest absolute Gasteiger partial charge is 0.0754 e. The Morgan fingerprint density at radius 2 is 1.88 bits per heavy atom. The Hall–Kier alpha value is -0.960. The minimum Gasteiger partial charge on any atom is -0.260 e. The van der Waals surface area contributed by atoms with Gasteiger partial charge in [-0.25, -0.2) is 0 Å². The molecular weight excluding hydrogens is 276 g/mol. The standard InChI is InChI=1S/C14H21BrN2/c1-7-13(8-2)16-9-11(5)17-14(10(3)4)12(6)15/h7,9H,3,8H2,1-2,4-6H3/b13-7-,14-12+,16-9?,17-11?. The van der Waals surface area contributed by atoms with E-state index in [1.54, 1.807) is 6.21 Å². The lowest BCUT2D eigenvalue weighted by molar-refractivity contribution is 1.07. The van der Waals surface area contributed by atoms with Crippen LogP contribution in [0.3, 0.4) is 0 Å². The molecule has 2 nitrogen and oxygen atoms in total. The summed E-state index contributed by atoms with van der Waals surface area (Å²) >= 11 is 3.43. The summed E-state index contributed by atoms with van der Waals surface area (Å²) in [4.78, 5) is 8.86. The third-order valence-electron chi connectivity index (χ3n) is 2.13. The van der Waals surface area contributed by atoms with E-state index in [-0.39, 0.29) is 0 Å². The number of rotatable bonds is 5. The van der Waals surface area contributed by atoms with Crippen LogP contribution < -0.4 is 0 Å². The summed E-state index contributed by atoms with van der Waals surface area (Å²) in [5.41, 5.74) is 3.76. The van der Waals surface area contributed by atoms with Gasteiger partial charge in [-0.2, -0.15) is 0 Å². The molecule has 0 saturated heterocycles. The lowest BCUT2D eigenvalue weighted by Gasteiger charge is -2.03. The molecule has 0 aromatic carbocycles. The molecule has 0 amide bonds. The largest absolute Gasteiger partial charge is 0.260 e. The molecule has 0 heterocycles. The Labute approximate surface area is 113 Å². The lowest BCUT2D eigenvalue weighted by atomic mass is 10.2. The van der Waals surface area contributed by atoms with Gasteiger partial charge in [-0.05, 0) is 39.7 Å². The third kappa shape index (κ3) is 6.37. The first kappa shape index (κ1) is 16.0. The lowest BCUT2D eigenvalue weighted by Crippen LogP contribution is -1.96. The van der Waals surface area contributed by atoms with E-state index in [4.69, 9.17) is 0 Å². The van der Waals surface area contributed by atoms with E-state index in [0.717, 1.165) is 33.6 Å². The first-order chi connectivity index (χ1) is 7.92. The zero-order valence-corrected chi connectivity index (χ0v) is 12.9. The highest BCUT2D eigenvalue weighted by Gasteiger charge is 2.00. The number of hydrogen-bond acceptors (Lipinski definition) is 2. The van der Waals surface area contributed by atoms with Gasteiger partial charge in [0.25, 0.3) is 0 Å². The maximum Gasteiger partial charge on any atom is 0.0754 e. The maximum absolute atomic E-state index is 4.49. The topological polar surface area (TPSA) is 24.7 Å². The van der Waals surface area contributed by atoms with Crippen LogP contribution in [-0.2, 0) is 0 Å². The zero-order chi connectivity index (χ0) is 13.4. The van der Waals surface area contributed by atoms with Gasteiger partial charge in [-0.3, -0.25) is 9.98 Å². The van der Waals surface area contributed by atoms with E-state index in [1.807, 2.05) is 33.8 Å². The van der Waals surface area contributed by atoms with Crippen molar-refractivity contribution in [2.24, 2.45) is 9.98 Å². The second-order valence-corrected chi connectivity index (χ2v) is 5.00. The fraction of sp³-hybridized carbons (Fsp3) is 0.429. The van der Waals surface area contributed by atoms with Gasteiger partial charge < -0.3 is 0 Å². The van der Waals surface area contributed by atoms with Crippen LogP contribution >= 0.6 is 15.9 Å². The third-order valence-corrected chi connectivity index (χ3v) is 2.51. The quantitative estimate of drug-likeness (QED) is 0.502. The Morgan fingerprint density at radius 3 is 2.24 bits per heavy atom. The molecule has 0 aliphatic carbocycles. The SMILES string of the molecule is C=C(C)/C(N=C(C)C=N/C(=C\C)CC)=C(/C)Br. The van der Waals surface area contributed by atoms with Crippen molar-refractivity contribution in [1.29, 1.82) is 0 Å². The molecule has 0 radical (unpaired) electrons. The molecule has 0 unspecified atom stereocenters. The zero-order valence-electron chi connectivity index (χ0n) is 11.3. The minimum atomic E-state index is 0.870. The summed E-state index contributed by atoms with van der Waals surface area (Å²) in [6, 6.07) is 0. The van der Waals surface area contributed by atoms with Crippen molar-refractivity contribution in [1.82, 2.24) is 0 Å². The van der Waals surface area contributed by atoms with Crippen molar-refractivity contribution in [2.45, 2.75) is 41.0 Å². The van der Waals surface area contributed by atoms with Crippen molar-refractivity contribution in [3.8, 4) is 0 Å². The first-order valence-electron chi connectivity index (χ1n) is 5.69. The van der Waals surface area contributed by atoms with Crippen LogP contribution in [0.15, 0.2) is 44.1 Å². The van der Waals surface area contributed by atoms with E-state index >= 15 is 0 Å². The van der Waals surface area contributed by atoms with E-state index in [0.29, 0.717) is 0 Å². The van der Waals surface area contributed by atoms with Crippen LogP contribution in [-0.4, -0.2) is 11.9 Å². The second-order valence-electron chi connectivity index (χ2n) is 3.81. The van der Waals surface area contributed by atoms with Crippen LogP contribution in [0.4, 0.5) is 0 Å². The number of aliphatic imine (C=N–C) groups is 2. The molecule has 0 aliphatic rings.